The maximum atomic E-state index is 13.8. The molecule has 0 radical (unpaired) electrons. The van der Waals surface area contributed by atoms with Crippen molar-refractivity contribution in [3.63, 3.8) is 0 Å². The zero-order chi connectivity index (χ0) is 22.3. The normalized spacial score (nSPS) is 26.2. The molecule has 3 heterocycles. The molecule has 0 unspecified atom stereocenters. The number of nitrogens with zero attached hydrogens (tertiary/aromatic N) is 5. The number of carbonyl (C=O) groups is 1. The highest BCUT2D eigenvalue weighted by Crippen LogP contribution is 2.40. The fourth-order valence-electron chi connectivity index (χ4n) is 3.85. The summed E-state index contributed by atoms with van der Waals surface area (Å²) in [6.45, 7) is 3.91. The second kappa shape index (κ2) is 8.12. The van der Waals surface area contributed by atoms with E-state index in [9.17, 15) is 9.18 Å². The number of amides is 1. The molecule has 0 bridgehead atoms. The number of hydrogen-bond donors (Lipinski definition) is 2. The molecule has 1 amide bonds. The molecular formula is C21H26FN7O3. The van der Waals surface area contributed by atoms with E-state index < -0.39 is 11.6 Å². The molecule has 10 nitrogen and oxygen atoms in total. The molecule has 3 aliphatic rings. The minimum Gasteiger partial charge on any atom is -0.474 e. The van der Waals surface area contributed by atoms with Gasteiger partial charge in [-0.1, -0.05) is 0 Å². The first-order valence-electron chi connectivity index (χ1n) is 10.9. The molecule has 2 aromatic rings. The Morgan fingerprint density at radius 3 is 2.75 bits per heavy atom. The van der Waals surface area contributed by atoms with Gasteiger partial charge >= 0.3 is 0 Å². The third-order valence-electron chi connectivity index (χ3n) is 6.10. The predicted octanol–water partition coefficient (Wildman–Crippen LogP) is 1.27. The molecule has 3 N–H and O–H groups in total. The van der Waals surface area contributed by atoms with Gasteiger partial charge in [-0.2, -0.15) is 4.98 Å². The molecular weight excluding hydrogens is 417 g/mol. The summed E-state index contributed by atoms with van der Waals surface area (Å²) in [6.07, 6.45) is 4.95. The van der Waals surface area contributed by atoms with Gasteiger partial charge in [0.15, 0.2) is 5.67 Å². The first-order chi connectivity index (χ1) is 15.4. The Morgan fingerprint density at radius 2 is 2.06 bits per heavy atom. The molecule has 2 saturated carbocycles. The fraction of sp³-hybridized carbons (Fsp3) is 0.571. The Kier molecular flexibility index (Phi) is 5.28. The monoisotopic (exact) mass is 443 g/mol. The van der Waals surface area contributed by atoms with Gasteiger partial charge in [0.05, 0.1) is 24.9 Å². The van der Waals surface area contributed by atoms with Crippen LogP contribution in [0.25, 0.3) is 11.3 Å². The van der Waals surface area contributed by atoms with Crippen LogP contribution >= 0.6 is 0 Å². The summed E-state index contributed by atoms with van der Waals surface area (Å²) in [5.74, 6) is 0.657. The first kappa shape index (κ1) is 20.8. The van der Waals surface area contributed by atoms with E-state index in [2.05, 4.69) is 32.1 Å². The molecule has 2 aliphatic carbocycles. The first-order valence-corrected chi connectivity index (χ1v) is 10.9. The Morgan fingerprint density at radius 1 is 1.31 bits per heavy atom. The second-order valence-electron chi connectivity index (χ2n) is 8.69. The van der Waals surface area contributed by atoms with Gasteiger partial charge in [0.25, 0.3) is 5.91 Å². The van der Waals surface area contributed by atoms with E-state index in [1.165, 1.54) is 0 Å². The highest BCUT2D eigenvalue weighted by Gasteiger charge is 2.52. The average molecular weight is 443 g/mol. The maximum Gasteiger partial charge on any atom is 0.257 e. The van der Waals surface area contributed by atoms with E-state index in [-0.39, 0.29) is 24.1 Å². The van der Waals surface area contributed by atoms with Gasteiger partial charge in [0, 0.05) is 49.5 Å². The van der Waals surface area contributed by atoms with Crippen molar-refractivity contribution in [3.8, 4) is 17.1 Å². The topological polar surface area (TPSA) is 128 Å². The van der Waals surface area contributed by atoms with E-state index in [4.69, 9.17) is 20.2 Å². The molecule has 3 fully saturated rings. The molecule has 1 atom stereocenters. The SMILES string of the molecule is C[C@H]1COCCN1c1nc(O[C@H]2C[C@H](NC(=O)C3(F)CC3)C2)cc(-c2cnc(N)nc2)n1. The van der Waals surface area contributed by atoms with Crippen LogP contribution in [-0.2, 0) is 9.53 Å². The van der Waals surface area contributed by atoms with Gasteiger partial charge < -0.3 is 25.4 Å². The molecule has 0 spiro atoms. The van der Waals surface area contributed by atoms with E-state index >= 15 is 0 Å². The van der Waals surface area contributed by atoms with Crippen molar-refractivity contribution in [2.45, 2.75) is 56.5 Å². The van der Waals surface area contributed by atoms with E-state index in [1.54, 1.807) is 18.5 Å². The Balaban J connectivity index is 1.32. The number of anilines is 2. The lowest BCUT2D eigenvalue weighted by atomic mass is 9.89. The summed E-state index contributed by atoms with van der Waals surface area (Å²) < 4.78 is 25.5. The number of aromatic nitrogens is 4. The quantitative estimate of drug-likeness (QED) is 0.678. The number of nitrogens with one attached hydrogen (secondary N) is 1. The van der Waals surface area contributed by atoms with Crippen LogP contribution in [0.2, 0.25) is 0 Å². The number of carbonyl (C=O) groups excluding carboxylic acids is 1. The number of hydrogen-bond acceptors (Lipinski definition) is 9. The van der Waals surface area contributed by atoms with Crippen LogP contribution in [0, 0.1) is 0 Å². The number of rotatable bonds is 6. The van der Waals surface area contributed by atoms with Crippen molar-refractivity contribution in [2.75, 3.05) is 30.4 Å². The molecule has 32 heavy (non-hydrogen) atoms. The average Bonchev–Trinajstić information content (AvgIpc) is 3.51. The van der Waals surface area contributed by atoms with E-state index in [0.717, 1.165) is 0 Å². The molecule has 1 aliphatic heterocycles. The van der Waals surface area contributed by atoms with Gasteiger partial charge in [-0.05, 0) is 19.8 Å². The molecule has 2 aromatic heterocycles. The molecule has 5 rings (SSSR count). The van der Waals surface area contributed by atoms with E-state index in [1.807, 2.05) is 0 Å². The van der Waals surface area contributed by atoms with Gasteiger partial charge in [-0.25, -0.2) is 19.3 Å². The lowest BCUT2D eigenvalue weighted by Gasteiger charge is -2.36. The summed E-state index contributed by atoms with van der Waals surface area (Å²) in [5, 5.41) is 2.77. The number of ether oxygens (including phenoxy) is 2. The van der Waals surface area contributed by atoms with Crippen LogP contribution in [-0.4, -0.2) is 69.5 Å². The second-order valence-corrected chi connectivity index (χ2v) is 8.69. The van der Waals surface area contributed by atoms with Crippen LogP contribution < -0.4 is 20.7 Å². The van der Waals surface area contributed by atoms with Crippen molar-refractivity contribution in [3.05, 3.63) is 18.5 Å². The summed E-state index contributed by atoms with van der Waals surface area (Å²) in [7, 11) is 0. The summed E-state index contributed by atoms with van der Waals surface area (Å²) in [6, 6.07) is 1.79. The minimum absolute atomic E-state index is 0.0775. The minimum atomic E-state index is -1.65. The van der Waals surface area contributed by atoms with Crippen molar-refractivity contribution in [1.82, 2.24) is 25.3 Å². The Hall–Kier alpha value is -3.08. The fourth-order valence-corrected chi connectivity index (χ4v) is 3.85. The van der Waals surface area contributed by atoms with Crippen LogP contribution in [0.3, 0.4) is 0 Å². The Bertz CT molecular complexity index is 995. The van der Waals surface area contributed by atoms with Gasteiger partial charge in [0.1, 0.15) is 6.10 Å². The van der Waals surface area contributed by atoms with Crippen molar-refractivity contribution < 1.29 is 18.7 Å². The zero-order valence-electron chi connectivity index (χ0n) is 17.8. The lowest BCUT2D eigenvalue weighted by molar-refractivity contribution is -0.129. The van der Waals surface area contributed by atoms with Crippen molar-refractivity contribution in [1.29, 1.82) is 0 Å². The lowest BCUT2D eigenvalue weighted by Crippen LogP contribution is -2.51. The molecule has 0 aromatic carbocycles. The van der Waals surface area contributed by atoms with Crippen molar-refractivity contribution >= 4 is 17.8 Å². The van der Waals surface area contributed by atoms with Gasteiger partial charge in [0.2, 0.25) is 17.8 Å². The largest absolute Gasteiger partial charge is 0.474 e. The maximum absolute atomic E-state index is 13.8. The highest BCUT2D eigenvalue weighted by atomic mass is 19.1. The van der Waals surface area contributed by atoms with Crippen LogP contribution in [0.4, 0.5) is 16.3 Å². The van der Waals surface area contributed by atoms with Crippen LogP contribution in [0.15, 0.2) is 18.5 Å². The van der Waals surface area contributed by atoms with Crippen molar-refractivity contribution in [2.24, 2.45) is 0 Å². The van der Waals surface area contributed by atoms with E-state index in [0.29, 0.717) is 68.5 Å². The molecule has 170 valence electrons. The third-order valence-corrected chi connectivity index (χ3v) is 6.10. The number of nitrogens with two attached hydrogens (primary N) is 1. The number of halogens is 1. The predicted molar refractivity (Wildman–Crippen MR) is 114 cm³/mol. The Labute approximate surface area is 184 Å². The van der Waals surface area contributed by atoms with Gasteiger partial charge in [-0.15, -0.1) is 0 Å². The smallest absolute Gasteiger partial charge is 0.257 e. The number of alkyl halides is 1. The zero-order valence-corrected chi connectivity index (χ0v) is 17.8. The molecule has 11 heteroatoms. The standard InChI is InChI=1S/C21H26FN7O3/c1-12-11-31-5-4-29(12)20-27-16(13-9-24-19(23)25-10-13)8-17(28-20)32-15-6-14(7-15)26-18(30)21(22)2-3-21/h8-10,12,14-15H,2-7,11H2,1H3,(H,26,30)(H2,23,24,25)/t12-,14-,15-/m0/s1. The molecule has 1 saturated heterocycles. The summed E-state index contributed by atoms with van der Waals surface area (Å²) in [5.41, 5.74) is 5.28. The van der Waals surface area contributed by atoms with Crippen LogP contribution in [0.5, 0.6) is 5.88 Å². The van der Waals surface area contributed by atoms with Gasteiger partial charge in [-0.3, -0.25) is 4.79 Å². The summed E-state index contributed by atoms with van der Waals surface area (Å²) in [4.78, 5) is 31.4. The number of nitrogen functional groups attached to an aromatic ring is 1. The number of morpholine rings is 1. The summed E-state index contributed by atoms with van der Waals surface area (Å²) >= 11 is 0. The van der Waals surface area contributed by atoms with Crippen LogP contribution in [0.1, 0.15) is 32.6 Å². The highest BCUT2D eigenvalue weighted by molar-refractivity contribution is 5.88. The third kappa shape index (κ3) is 4.29.